The Morgan fingerprint density at radius 3 is 2.62 bits per heavy atom. The van der Waals surface area contributed by atoms with E-state index in [4.69, 9.17) is 4.74 Å². The number of benzene rings is 1. The van der Waals surface area contributed by atoms with Crippen molar-refractivity contribution in [3.63, 3.8) is 0 Å². The summed E-state index contributed by atoms with van der Waals surface area (Å²) in [4.78, 5) is 6.88. The molecule has 1 fully saturated rings. The number of methoxy groups -OCH3 is 1. The van der Waals surface area contributed by atoms with E-state index in [9.17, 15) is 0 Å². The molecule has 0 aliphatic carbocycles. The zero-order chi connectivity index (χ0) is 20.1. The highest BCUT2D eigenvalue weighted by molar-refractivity contribution is 14.0. The molecule has 0 spiro atoms. The van der Waals surface area contributed by atoms with Crippen LogP contribution >= 0.6 is 24.0 Å². The number of hydrogen-bond acceptors (Lipinski definition) is 3. The number of aliphatic imine (C=N–C) groups is 1. The number of nitrogens with one attached hydrogen (secondary N) is 1. The lowest BCUT2D eigenvalue weighted by Crippen LogP contribution is -2.42. The molecular formula is C22H34IN5O. The summed E-state index contributed by atoms with van der Waals surface area (Å²) in [5.41, 5.74) is 3.67. The fourth-order valence-electron chi connectivity index (χ4n) is 3.92. The lowest BCUT2D eigenvalue weighted by Gasteiger charge is -2.23. The van der Waals surface area contributed by atoms with E-state index < -0.39 is 0 Å². The molecule has 29 heavy (non-hydrogen) atoms. The van der Waals surface area contributed by atoms with Crippen LogP contribution in [0.4, 0.5) is 0 Å². The molecule has 2 atom stereocenters. The Bertz CT molecular complexity index is 802. The van der Waals surface area contributed by atoms with E-state index >= 15 is 0 Å². The average molecular weight is 511 g/mol. The Labute approximate surface area is 191 Å². The molecule has 3 rings (SSSR count). The van der Waals surface area contributed by atoms with Crippen molar-refractivity contribution in [1.29, 1.82) is 0 Å². The van der Waals surface area contributed by atoms with E-state index in [2.05, 4.69) is 57.0 Å². The van der Waals surface area contributed by atoms with Crippen molar-refractivity contribution >= 4 is 29.9 Å². The molecule has 0 saturated carbocycles. The van der Waals surface area contributed by atoms with Crippen molar-refractivity contribution in [3.05, 3.63) is 47.3 Å². The molecule has 1 aliphatic heterocycles. The molecule has 1 aromatic carbocycles. The third kappa shape index (κ3) is 6.10. The van der Waals surface area contributed by atoms with Crippen molar-refractivity contribution in [2.75, 3.05) is 33.8 Å². The first-order valence-electron chi connectivity index (χ1n) is 10.1. The van der Waals surface area contributed by atoms with Crippen LogP contribution in [0.1, 0.15) is 36.2 Å². The van der Waals surface area contributed by atoms with Gasteiger partial charge < -0.3 is 15.0 Å². The third-order valence-corrected chi connectivity index (χ3v) is 5.48. The number of aromatic nitrogens is 2. The maximum atomic E-state index is 5.27. The number of nitrogens with zero attached hydrogens (tertiary/aromatic N) is 4. The van der Waals surface area contributed by atoms with Crippen LogP contribution < -0.4 is 10.1 Å². The molecular weight excluding hydrogens is 477 g/mol. The largest absolute Gasteiger partial charge is 0.497 e. The minimum atomic E-state index is 0. The fourth-order valence-corrected chi connectivity index (χ4v) is 3.92. The van der Waals surface area contributed by atoms with E-state index in [1.54, 1.807) is 7.11 Å². The van der Waals surface area contributed by atoms with Gasteiger partial charge in [0.2, 0.25) is 0 Å². The Hall–Kier alpha value is -1.77. The molecule has 0 radical (unpaired) electrons. The summed E-state index contributed by atoms with van der Waals surface area (Å²) in [6, 6.07) is 10.6. The first-order valence-corrected chi connectivity index (χ1v) is 10.1. The highest BCUT2D eigenvalue weighted by Gasteiger charge is 2.26. The van der Waals surface area contributed by atoms with Gasteiger partial charge in [-0.2, -0.15) is 5.10 Å². The SMILES string of the molecule is CN=C(NCC(C)Cn1nc(C)cc1C)N1CCC(c2ccc(OC)cc2)C1.I. The Morgan fingerprint density at radius 2 is 2.03 bits per heavy atom. The zero-order valence-electron chi connectivity index (χ0n) is 18.2. The Morgan fingerprint density at radius 1 is 1.31 bits per heavy atom. The van der Waals surface area contributed by atoms with Crippen LogP contribution in [0.3, 0.4) is 0 Å². The lowest BCUT2D eigenvalue weighted by atomic mass is 9.98. The molecule has 6 nitrogen and oxygen atoms in total. The van der Waals surface area contributed by atoms with Gasteiger partial charge in [0, 0.05) is 44.8 Å². The standard InChI is InChI=1S/C22H33N5O.HI/c1-16(14-27-18(3)12-17(2)25-27)13-24-22(23-4)26-11-10-20(15-26)19-6-8-21(28-5)9-7-19;/h6-9,12,16,20H,10-11,13-15H2,1-5H3,(H,23,24);1H. The average Bonchev–Trinajstić information content (AvgIpc) is 3.29. The molecule has 1 aliphatic rings. The molecule has 7 heteroatoms. The van der Waals surface area contributed by atoms with Gasteiger partial charge in [0.15, 0.2) is 5.96 Å². The van der Waals surface area contributed by atoms with Crippen LogP contribution in [-0.4, -0.2) is 54.4 Å². The number of rotatable bonds is 6. The number of aryl methyl sites for hydroxylation is 2. The van der Waals surface area contributed by atoms with Crippen LogP contribution in [0, 0.1) is 19.8 Å². The summed E-state index contributed by atoms with van der Waals surface area (Å²) in [7, 11) is 3.58. The minimum Gasteiger partial charge on any atom is -0.497 e. The maximum Gasteiger partial charge on any atom is 0.193 e. The molecule has 2 heterocycles. The van der Waals surface area contributed by atoms with Gasteiger partial charge >= 0.3 is 0 Å². The summed E-state index contributed by atoms with van der Waals surface area (Å²) < 4.78 is 7.37. The van der Waals surface area contributed by atoms with E-state index in [1.807, 2.05) is 26.1 Å². The molecule has 160 valence electrons. The van der Waals surface area contributed by atoms with Gasteiger partial charge in [0.25, 0.3) is 0 Å². The normalized spacial score (nSPS) is 17.8. The van der Waals surface area contributed by atoms with Crippen LogP contribution in [0.25, 0.3) is 0 Å². The van der Waals surface area contributed by atoms with E-state index in [-0.39, 0.29) is 24.0 Å². The summed E-state index contributed by atoms with van der Waals surface area (Å²) in [6.45, 7) is 10.2. The number of halogens is 1. The van der Waals surface area contributed by atoms with Crippen LogP contribution in [0.2, 0.25) is 0 Å². The van der Waals surface area contributed by atoms with Gasteiger partial charge in [-0.15, -0.1) is 24.0 Å². The highest BCUT2D eigenvalue weighted by atomic mass is 127. The first kappa shape index (κ1) is 23.5. The fraction of sp³-hybridized carbons (Fsp3) is 0.545. The van der Waals surface area contributed by atoms with Gasteiger partial charge in [0.05, 0.1) is 12.8 Å². The van der Waals surface area contributed by atoms with Crippen LogP contribution in [0.5, 0.6) is 5.75 Å². The second-order valence-corrected chi connectivity index (χ2v) is 7.85. The predicted molar refractivity (Wildman–Crippen MR) is 130 cm³/mol. The van der Waals surface area contributed by atoms with Gasteiger partial charge in [-0.1, -0.05) is 19.1 Å². The van der Waals surface area contributed by atoms with Gasteiger partial charge in [0.1, 0.15) is 5.75 Å². The number of ether oxygens (including phenoxy) is 1. The monoisotopic (exact) mass is 511 g/mol. The van der Waals surface area contributed by atoms with Crippen molar-refractivity contribution < 1.29 is 4.74 Å². The summed E-state index contributed by atoms with van der Waals surface area (Å²) in [5.74, 6) is 2.91. The van der Waals surface area contributed by atoms with Crippen molar-refractivity contribution in [2.24, 2.45) is 10.9 Å². The number of hydrogen-bond donors (Lipinski definition) is 1. The zero-order valence-corrected chi connectivity index (χ0v) is 20.5. The molecule has 0 bridgehead atoms. The van der Waals surface area contributed by atoms with E-state index in [1.165, 1.54) is 11.3 Å². The van der Waals surface area contributed by atoms with Gasteiger partial charge in [-0.3, -0.25) is 9.67 Å². The highest BCUT2D eigenvalue weighted by Crippen LogP contribution is 2.28. The van der Waals surface area contributed by atoms with E-state index in [0.29, 0.717) is 11.8 Å². The van der Waals surface area contributed by atoms with Gasteiger partial charge in [-0.25, -0.2) is 0 Å². The second-order valence-electron chi connectivity index (χ2n) is 7.85. The number of guanidine groups is 1. The Balaban J connectivity index is 0.00000300. The summed E-state index contributed by atoms with van der Waals surface area (Å²) in [5, 5.41) is 8.13. The predicted octanol–water partition coefficient (Wildman–Crippen LogP) is 3.83. The van der Waals surface area contributed by atoms with Crippen molar-refractivity contribution in [2.45, 2.75) is 39.7 Å². The Kier molecular flexibility index (Phi) is 8.79. The molecule has 2 aromatic rings. The summed E-state index contributed by atoms with van der Waals surface area (Å²) >= 11 is 0. The van der Waals surface area contributed by atoms with Crippen molar-refractivity contribution in [3.8, 4) is 5.75 Å². The second kappa shape index (κ2) is 10.8. The smallest absolute Gasteiger partial charge is 0.193 e. The van der Waals surface area contributed by atoms with Gasteiger partial charge in [-0.05, 0) is 49.9 Å². The van der Waals surface area contributed by atoms with Crippen LogP contribution in [-0.2, 0) is 6.54 Å². The minimum absolute atomic E-state index is 0. The molecule has 1 aromatic heterocycles. The molecule has 1 saturated heterocycles. The maximum absolute atomic E-state index is 5.27. The quantitative estimate of drug-likeness (QED) is 0.364. The number of likely N-dealkylation sites (tertiary alicyclic amines) is 1. The molecule has 1 N–H and O–H groups in total. The molecule has 2 unspecified atom stereocenters. The molecule has 0 amide bonds. The first-order chi connectivity index (χ1) is 13.5. The van der Waals surface area contributed by atoms with Crippen molar-refractivity contribution in [1.82, 2.24) is 20.0 Å². The topological polar surface area (TPSA) is 54.7 Å². The van der Waals surface area contributed by atoms with Crippen LogP contribution in [0.15, 0.2) is 35.3 Å². The lowest BCUT2D eigenvalue weighted by molar-refractivity contribution is 0.414. The van der Waals surface area contributed by atoms with E-state index in [0.717, 1.165) is 50.0 Å². The third-order valence-electron chi connectivity index (χ3n) is 5.48. The summed E-state index contributed by atoms with van der Waals surface area (Å²) in [6.07, 6.45) is 1.15.